The molecule has 0 atom stereocenters. The Kier molecular flexibility index (Phi) is 8.91. The maximum Gasteiger partial charge on any atom is 0.416 e. The van der Waals surface area contributed by atoms with E-state index in [1.54, 1.807) is 0 Å². The van der Waals surface area contributed by atoms with Gasteiger partial charge >= 0.3 is 65.8 Å². The zero-order chi connectivity index (χ0) is 16.9. The molecule has 1 N–H and O–H groups in total. The fraction of sp³-hybridized carbons (Fsp3) is 0.417. The third-order valence-corrected chi connectivity index (χ3v) is 4.40. The van der Waals surface area contributed by atoms with E-state index in [1.807, 2.05) is 13.4 Å². The van der Waals surface area contributed by atoms with Crippen molar-refractivity contribution in [2.75, 3.05) is 20.8 Å². The molecule has 0 radical (unpaired) electrons. The van der Waals surface area contributed by atoms with Gasteiger partial charge in [-0.05, 0) is 17.7 Å². The largest absolute Gasteiger partial charge is 0.416 e. The zero-order valence-corrected chi connectivity index (χ0v) is 18.4. The minimum absolute atomic E-state index is 0.602. The summed E-state index contributed by atoms with van der Waals surface area (Å²) in [6.07, 6.45) is -4.24. The van der Waals surface area contributed by atoms with Gasteiger partial charge in [0.2, 0.25) is 0 Å². The summed E-state index contributed by atoms with van der Waals surface area (Å²) < 4.78 is 39.5. The molecule has 4 nitrogen and oxygen atoms in total. The van der Waals surface area contributed by atoms with Gasteiger partial charge in [0.25, 0.3) is 0 Å². The molecule has 2 rings (SSSR count). The molecule has 1 aliphatic rings. The van der Waals surface area contributed by atoms with Crippen molar-refractivity contribution in [2.24, 2.45) is 0 Å². The molecular weight excluding hydrogens is 706 g/mol. The van der Waals surface area contributed by atoms with Crippen LogP contribution in [0.4, 0.5) is 13.2 Å². The Morgan fingerprint density at radius 1 is 1.23 bits per heavy atom. The van der Waals surface area contributed by atoms with Crippen molar-refractivity contribution in [3.05, 3.63) is 35.4 Å². The Balaban J connectivity index is 0.000000255. The van der Waals surface area contributed by atoms with E-state index in [4.69, 9.17) is 0 Å². The van der Waals surface area contributed by atoms with Gasteiger partial charge in [0.1, 0.15) is 0 Å². The second-order valence-corrected chi connectivity index (χ2v) is 9.82. The summed E-state index contributed by atoms with van der Waals surface area (Å²) in [6.45, 7) is 1.60. The zero-order valence-electron chi connectivity index (χ0n) is 11.8. The molecule has 1 heterocycles. The first kappa shape index (κ1) is 20.9. The molecular formula is C12H15F3I2N4Pt. The van der Waals surface area contributed by atoms with Gasteiger partial charge in [0, 0.05) is 52.3 Å². The molecule has 0 amide bonds. The number of nitrogens with one attached hydrogen (secondary N) is 1. The number of hydrogen-bond donors (Lipinski definition) is 1. The topological polar surface area (TPSA) is 21.8 Å². The van der Waals surface area contributed by atoms with Gasteiger partial charge < -0.3 is 0 Å². The second-order valence-electron chi connectivity index (χ2n) is 4.57. The van der Waals surface area contributed by atoms with Crippen molar-refractivity contribution >= 4 is 49.9 Å². The maximum absolute atomic E-state index is 12.2. The molecule has 0 spiro atoms. The molecule has 0 aromatic heterocycles. The summed E-state index contributed by atoms with van der Waals surface area (Å²) in [5.41, 5.74) is 3.39. The van der Waals surface area contributed by atoms with Crippen molar-refractivity contribution in [3.8, 4) is 0 Å². The minimum Gasteiger partial charge on any atom is -0.184 e. The maximum atomic E-state index is 12.2. The van der Waals surface area contributed by atoms with Crippen LogP contribution in [0.2, 0.25) is 0 Å². The normalized spacial score (nSPS) is 16.9. The van der Waals surface area contributed by atoms with E-state index in [0.29, 0.717) is 6.54 Å². The molecule has 10 heteroatoms. The van der Waals surface area contributed by atoms with Crippen LogP contribution < -0.4 is 5.43 Å². The van der Waals surface area contributed by atoms with Crippen LogP contribution in [-0.2, 0) is 32.1 Å². The SMILES string of the molecule is CN1CN(C)[C](=[Pt])N1.FC(F)(F)c1ccc(CN(I)I)cc1. The van der Waals surface area contributed by atoms with Crippen molar-refractivity contribution in [1.29, 1.82) is 0 Å². The molecule has 0 saturated carbocycles. The van der Waals surface area contributed by atoms with Crippen LogP contribution in [0.3, 0.4) is 0 Å². The van der Waals surface area contributed by atoms with E-state index in [1.165, 1.54) is 16.3 Å². The van der Waals surface area contributed by atoms with Crippen molar-refractivity contribution < 1.29 is 32.5 Å². The summed E-state index contributed by atoms with van der Waals surface area (Å²) in [7, 11) is 4.07. The summed E-state index contributed by atoms with van der Waals surface area (Å²) in [4.78, 5) is 2.14. The number of halogens is 5. The molecule has 1 aromatic rings. The number of hydrazine groups is 1. The second kappa shape index (κ2) is 9.38. The standard InChI is InChI=1S/C8H6F3I2N.C4H9N3.Pt/c9-8(10,11)7-3-1-6(2-4-7)5-14(12)13;1-6-3-5-7(2)4-6;/h1-4H,5H2;5H,4H2,1-2H3;. The molecule has 1 saturated heterocycles. The van der Waals surface area contributed by atoms with Gasteiger partial charge in [0.05, 0.1) is 5.56 Å². The number of alkyl halides is 3. The van der Waals surface area contributed by atoms with Gasteiger partial charge in [-0.15, -0.1) is 0 Å². The third kappa shape index (κ3) is 7.63. The number of benzene rings is 1. The first-order valence-corrected chi connectivity index (χ1v) is 9.09. The van der Waals surface area contributed by atoms with Crippen LogP contribution in [0.5, 0.6) is 0 Å². The van der Waals surface area contributed by atoms with Crippen LogP contribution >= 0.6 is 45.7 Å². The first-order chi connectivity index (χ1) is 10.1. The van der Waals surface area contributed by atoms with E-state index in [-0.39, 0.29) is 0 Å². The minimum atomic E-state index is -4.24. The average Bonchev–Trinajstić information content (AvgIpc) is 2.66. The van der Waals surface area contributed by atoms with E-state index >= 15 is 0 Å². The van der Waals surface area contributed by atoms with Crippen molar-refractivity contribution in [3.63, 3.8) is 0 Å². The van der Waals surface area contributed by atoms with Gasteiger partial charge in [0.15, 0.2) is 0 Å². The predicted octanol–water partition coefficient (Wildman–Crippen LogP) is 3.17. The molecule has 0 bridgehead atoms. The smallest absolute Gasteiger partial charge is 0.184 e. The summed E-state index contributed by atoms with van der Waals surface area (Å²) >= 11 is 6.38. The number of nitrogens with zero attached hydrogens (tertiary/aromatic N) is 3. The van der Waals surface area contributed by atoms with E-state index in [9.17, 15) is 13.2 Å². The van der Waals surface area contributed by atoms with Crippen LogP contribution in [0.1, 0.15) is 11.1 Å². The Bertz CT molecular complexity index is 496. The quantitative estimate of drug-likeness (QED) is 0.375. The van der Waals surface area contributed by atoms with Gasteiger partial charge in [-0.1, -0.05) is 12.1 Å². The van der Waals surface area contributed by atoms with Gasteiger partial charge in [-0.2, -0.15) is 14.5 Å². The molecule has 1 aromatic carbocycles. The fourth-order valence-corrected chi connectivity index (χ4v) is 2.96. The summed E-state index contributed by atoms with van der Waals surface area (Å²) in [6, 6.07) is 5.19. The number of rotatable bonds is 2. The van der Waals surface area contributed by atoms with Crippen LogP contribution in [0.15, 0.2) is 24.3 Å². The molecule has 0 aliphatic carbocycles. The van der Waals surface area contributed by atoms with Crippen LogP contribution in [0.25, 0.3) is 0 Å². The number of hydrogen-bond acceptors (Lipinski definition) is 4. The van der Waals surface area contributed by atoms with E-state index in [2.05, 4.69) is 82.5 Å². The third-order valence-electron chi connectivity index (χ3n) is 2.60. The van der Waals surface area contributed by atoms with Gasteiger partial charge in [-0.3, -0.25) is 0 Å². The van der Waals surface area contributed by atoms with E-state index in [0.717, 1.165) is 24.4 Å². The molecule has 0 unspecified atom stereocenters. The molecule has 22 heavy (non-hydrogen) atoms. The Morgan fingerprint density at radius 2 is 1.77 bits per heavy atom. The summed E-state index contributed by atoms with van der Waals surface area (Å²) in [5, 5.41) is 2.03. The first-order valence-electron chi connectivity index (χ1n) is 6.03. The van der Waals surface area contributed by atoms with E-state index < -0.39 is 11.7 Å². The molecule has 1 aliphatic heterocycles. The monoisotopic (exact) mass is 721 g/mol. The average molecular weight is 721 g/mol. The van der Waals surface area contributed by atoms with Crippen molar-refractivity contribution in [2.45, 2.75) is 12.7 Å². The molecule has 128 valence electrons. The Hall–Kier alpha value is 0.868. The fourth-order valence-electron chi connectivity index (χ4n) is 1.58. The Morgan fingerprint density at radius 3 is 2.05 bits per heavy atom. The summed E-state index contributed by atoms with van der Waals surface area (Å²) in [5.74, 6) is 0. The Labute approximate surface area is 166 Å². The van der Waals surface area contributed by atoms with Crippen LogP contribution in [-0.4, -0.2) is 36.1 Å². The van der Waals surface area contributed by atoms with Gasteiger partial charge in [-0.25, -0.2) is 0 Å². The van der Waals surface area contributed by atoms with Crippen molar-refractivity contribution in [1.82, 2.24) is 16.7 Å². The molecule has 1 fully saturated rings. The van der Waals surface area contributed by atoms with Crippen LogP contribution in [0, 0.1) is 0 Å². The predicted molar refractivity (Wildman–Crippen MR) is 93.6 cm³/mol.